The third kappa shape index (κ3) is 2.38. The third-order valence-corrected chi connectivity index (χ3v) is 2.52. The molecule has 1 aromatic carbocycles. The van der Waals surface area contributed by atoms with E-state index in [1.165, 1.54) is 0 Å². The van der Waals surface area contributed by atoms with E-state index in [9.17, 15) is 4.79 Å². The van der Waals surface area contributed by atoms with E-state index in [-0.39, 0.29) is 17.5 Å². The molecule has 0 bridgehead atoms. The molecule has 1 rings (SSSR count). The van der Waals surface area contributed by atoms with Crippen molar-refractivity contribution in [2.75, 3.05) is 0 Å². The van der Waals surface area contributed by atoms with Crippen LogP contribution in [0.25, 0.3) is 0 Å². The molecule has 4 heteroatoms. The van der Waals surface area contributed by atoms with E-state index in [0.29, 0.717) is 0 Å². The number of amides is 1. The SMILES string of the molecule is BC(C(N)=O)C(B)c1ccccc1. The summed E-state index contributed by atoms with van der Waals surface area (Å²) in [5.74, 6) is -0.155. The first-order chi connectivity index (χ1) is 6.13. The summed E-state index contributed by atoms with van der Waals surface area (Å²) in [6.07, 6.45) is 0. The minimum Gasteiger partial charge on any atom is -0.370 e. The van der Waals surface area contributed by atoms with Gasteiger partial charge in [0.05, 0.1) is 0 Å². The number of primary amides is 1. The Morgan fingerprint density at radius 1 is 1.23 bits per heavy atom. The van der Waals surface area contributed by atoms with Gasteiger partial charge in [0.15, 0.2) is 0 Å². The maximum absolute atomic E-state index is 10.9. The van der Waals surface area contributed by atoms with E-state index < -0.39 is 0 Å². The van der Waals surface area contributed by atoms with E-state index in [4.69, 9.17) is 5.73 Å². The van der Waals surface area contributed by atoms with Crippen LogP contribution in [0.1, 0.15) is 11.4 Å². The average molecular weight is 173 g/mol. The van der Waals surface area contributed by atoms with Crippen LogP contribution in [0.3, 0.4) is 0 Å². The van der Waals surface area contributed by atoms with Gasteiger partial charge in [0.25, 0.3) is 0 Å². The van der Waals surface area contributed by atoms with Crippen LogP contribution in [0, 0.1) is 0 Å². The molecule has 2 N–H and O–H groups in total. The number of carbonyl (C=O) groups excluding carboxylic acids is 1. The Labute approximate surface area is 80.3 Å². The molecule has 0 radical (unpaired) electrons. The monoisotopic (exact) mass is 173 g/mol. The quantitative estimate of drug-likeness (QED) is 0.601. The smallest absolute Gasteiger partial charge is 0.212 e. The van der Waals surface area contributed by atoms with Gasteiger partial charge in [-0.2, -0.15) is 0 Å². The van der Waals surface area contributed by atoms with Gasteiger partial charge < -0.3 is 5.73 Å². The molecule has 0 aromatic heterocycles. The van der Waals surface area contributed by atoms with Gasteiger partial charge >= 0.3 is 0 Å². The van der Waals surface area contributed by atoms with Crippen LogP contribution >= 0.6 is 0 Å². The minimum absolute atomic E-state index is 0.109. The molecule has 2 atom stereocenters. The molecule has 1 aromatic rings. The van der Waals surface area contributed by atoms with Crippen LogP contribution in [-0.4, -0.2) is 21.6 Å². The third-order valence-electron chi connectivity index (χ3n) is 2.52. The summed E-state index contributed by atoms with van der Waals surface area (Å²) in [7, 11) is 3.88. The summed E-state index contributed by atoms with van der Waals surface area (Å²) in [6, 6.07) is 9.94. The zero-order chi connectivity index (χ0) is 9.84. The second-order valence-corrected chi connectivity index (χ2v) is 3.39. The highest BCUT2D eigenvalue weighted by atomic mass is 16.1. The van der Waals surface area contributed by atoms with Gasteiger partial charge in [-0.1, -0.05) is 35.9 Å². The van der Waals surface area contributed by atoms with Crippen molar-refractivity contribution in [3.8, 4) is 0 Å². The topological polar surface area (TPSA) is 43.1 Å². The summed E-state index contributed by atoms with van der Waals surface area (Å²) in [5, 5.41) is 0. The molecule has 66 valence electrons. The van der Waals surface area contributed by atoms with Crippen molar-refractivity contribution in [3.63, 3.8) is 0 Å². The molecule has 0 aliphatic heterocycles. The fourth-order valence-corrected chi connectivity index (χ4v) is 1.29. The highest BCUT2D eigenvalue weighted by Crippen LogP contribution is 2.22. The Balaban J connectivity index is 2.79. The van der Waals surface area contributed by atoms with Crippen molar-refractivity contribution in [1.82, 2.24) is 0 Å². The van der Waals surface area contributed by atoms with Crippen LogP contribution in [0.2, 0.25) is 5.82 Å². The molecule has 0 saturated carbocycles. The van der Waals surface area contributed by atoms with E-state index in [1.807, 2.05) is 46.0 Å². The highest BCUT2D eigenvalue weighted by molar-refractivity contribution is 6.30. The second-order valence-electron chi connectivity index (χ2n) is 3.39. The molecule has 2 nitrogen and oxygen atoms in total. The highest BCUT2D eigenvalue weighted by Gasteiger charge is 2.18. The Morgan fingerprint density at radius 3 is 2.23 bits per heavy atom. The number of hydrogen-bond donors (Lipinski definition) is 1. The molecule has 0 spiro atoms. The van der Waals surface area contributed by atoms with Crippen molar-refractivity contribution in [3.05, 3.63) is 35.9 Å². The van der Waals surface area contributed by atoms with Crippen molar-refractivity contribution < 1.29 is 4.79 Å². The van der Waals surface area contributed by atoms with Crippen molar-refractivity contribution in [2.24, 2.45) is 5.73 Å². The van der Waals surface area contributed by atoms with Gasteiger partial charge in [0, 0.05) is 5.82 Å². The van der Waals surface area contributed by atoms with E-state index in [2.05, 4.69) is 0 Å². The van der Waals surface area contributed by atoms with Gasteiger partial charge in [-0.15, -0.1) is 0 Å². The minimum atomic E-state index is -0.239. The molecule has 13 heavy (non-hydrogen) atoms. The number of nitrogens with two attached hydrogens (primary N) is 1. The fraction of sp³-hybridized carbons (Fsp3) is 0.222. The number of hydrogen-bond acceptors (Lipinski definition) is 1. The van der Waals surface area contributed by atoms with Crippen molar-refractivity contribution in [2.45, 2.75) is 11.6 Å². The lowest BCUT2D eigenvalue weighted by molar-refractivity contribution is -0.117. The molecule has 2 unspecified atom stereocenters. The van der Waals surface area contributed by atoms with E-state index in [0.717, 1.165) is 5.56 Å². The average Bonchev–Trinajstić information content (AvgIpc) is 2.17. The predicted octanol–water partition coefficient (Wildman–Crippen LogP) is -0.732. The maximum Gasteiger partial charge on any atom is 0.212 e. The lowest BCUT2D eigenvalue weighted by Gasteiger charge is -2.16. The Bertz CT molecular complexity index is 289. The molecule has 0 saturated heterocycles. The maximum atomic E-state index is 10.9. The molecular weight excluding hydrogens is 160 g/mol. The first kappa shape index (κ1) is 9.90. The largest absolute Gasteiger partial charge is 0.370 e. The van der Waals surface area contributed by atoms with Crippen LogP contribution in [0.4, 0.5) is 0 Å². The van der Waals surface area contributed by atoms with Gasteiger partial charge in [-0.3, -0.25) is 4.79 Å². The van der Waals surface area contributed by atoms with Crippen LogP contribution in [0.5, 0.6) is 0 Å². The number of benzene rings is 1. The normalized spacial score (nSPS) is 14.8. The summed E-state index contributed by atoms with van der Waals surface area (Å²) < 4.78 is 0. The molecule has 0 aliphatic rings. The van der Waals surface area contributed by atoms with E-state index in [1.54, 1.807) is 0 Å². The molecular formula is C9H13B2NO. The van der Waals surface area contributed by atoms with E-state index >= 15 is 0 Å². The van der Waals surface area contributed by atoms with Crippen LogP contribution in [0.15, 0.2) is 30.3 Å². The van der Waals surface area contributed by atoms with Crippen molar-refractivity contribution >= 4 is 21.6 Å². The first-order valence-corrected chi connectivity index (χ1v) is 4.47. The van der Waals surface area contributed by atoms with Crippen LogP contribution < -0.4 is 5.73 Å². The predicted molar refractivity (Wildman–Crippen MR) is 59.2 cm³/mol. The molecule has 0 fully saturated rings. The first-order valence-electron chi connectivity index (χ1n) is 4.47. The summed E-state index contributed by atoms with van der Waals surface area (Å²) in [5.41, 5.74) is 6.40. The summed E-state index contributed by atoms with van der Waals surface area (Å²) in [6.45, 7) is 0. The van der Waals surface area contributed by atoms with Gasteiger partial charge in [-0.25, -0.2) is 0 Å². The number of rotatable bonds is 3. The summed E-state index contributed by atoms with van der Waals surface area (Å²) in [4.78, 5) is 10.9. The lowest BCUT2D eigenvalue weighted by atomic mass is 9.63. The number of carbonyl (C=O) groups is 1. The van der Waals surface area contributed by atoms with Crippen LogP contribution in [-0.2, 0) is 4.79 Å². The van der Waals surface area contributed by atoms with Gasteiger partial charge in [0.2, 0.25) is 5.91 Å². The zero-order valence-electron chi connectivity index (χ0n) is 8.03. The molecule has 1 amide bonds. The Hall–Kier alpha value is -1.18. The van der Waals surface area contributed by atoms with Gasteiger partial charge in [0.1, 0.15) is 15.7 Å². The van der Waals surface area contributed by atoms with Crippen molar-refractivity contribution in [1.29, 1.82) is 0 Å². The molecule has 0 heterocycles. The molecule has 0 aliphatic carbocycles. The fourth-order valence-electron chi connectivity index (χ4n) is 1.29. The standard InChI is InChI=1S/C9H13B2NO/c10-7(8(11)9(12)13)6-4-2-1-3-5-6/h1-5,7-8H,10-11H2,(H2,12,13). The summed E-state index contributed by atoms with van der Waals surface area (Å²) >= 11 is 0. The second kappa shape index (κ2) is 4.17. The lowest BCUT2D eigenvalue weighted by Crippen LogP contribution is -2.24. The zero-order valence-corrected chi connectivity index (χ0v) is 8.03. The Kier molecular flexibility index (Phi) is 3.18. The van der Waals surface area contributed by atoms with Gasteiger partial charge in [-0.05, 0) is 5.82 Å². The Morgan fingerprint density at radius 2 is 1.77 bits per heavy atom.